The number of amides is 1. The number of halogens is 1. The number of hydrogen-bond donors (Lipinski definition) is 1. The van der Waals surface area contributed by atoms with E-state index in [1.165, 1.54) is 24.3 Å². The van der Waals surface area contributed by atoms with E-state index in [2.05, 4.69) is 5.32 Å². The van der Waals surface area contributed by atoms with E-state index in [0.29, 0.717) is 5.02 Å². The van der Waals surface area contributed by atoms with Gasteiger partial charge in [-0.05, 0) is 29.8 Å². The van der Waals surface area contributed by atoms with Crippen molar-refractivity contribution in [1.29, 1.82) is 0 Å². The molecule has 7 nitrogen and oxygen atoms in total. The van der Waals surface area contributed by atoms with Gasteiger partial charge in [-0.2, -0.15) is 0 Å². The highest BCUT2D eigenvalue weighted by molar-refractivity contribution is 6.30. The summed E-state index contributed by atoms with van der Waals surface area (Å²) in [6.07, 6.45) is 2.30. The van der Waals surface area contributed by atoms with E-state index in [0.717, 1.165) is 11.6 Å². The van der Waals surface area contributed by atoms with Crippen LogP contribution in [0.2, 0.25) is 5.02 Å². The third kappa shape index (κ3) is 6.03. The lowest BCUT2D eigenvalue weighted by atomic mass is 10.1. The molecule has 0 saturated carbocycles. The molecule has 0 unspecified atom stereocenters. The maximum atomic E-state index is 11.7. The first-order valence-corrected chi connectivity index (χ1v) is 7.93. The molecule has 2 aromatic carbocycles. The van der Waals surface area contributed by atoms with Crippen LogP contribution >= 0.6 is 11.6 Å². The van der Waals surface area contributed by atoms with Gasteiger partial charge in [-0.15, -0.1) is 0 Å². The van der Waals surface area contributed by atoms with Crippen LogP contribution in [0.5, 0.6) is 0 Å². The van der Waals surface area contributed by atoms with Crippen LogP contribution in [0.3, 0.4) is 0 Å². The zero-order chi connectivity index (χ0) is 18.9. The first kappa shape index (κ1) is 19.1. The van der Waals surface area contributed by atoms with Gasteiger partial charge in [0.05, 0.1) is 10.5 Å². The minimum atomic E-state index is -0.777. The number of benzene rings is 2. The van der Waals surface area contributed by atoms with Crippen molar-refractivity contribution in [2.24, 2.45) is 0 Å². The molecule has 2 aromatic rings. The number of carbonyl (C=O) groups excluding carboxylic acids is 2. The zero-order valence-corrected chi connectivity index (χ0v) is 14.3. The summed E-state index contributed by atoms with van der Waals surface area (Å²) in [6.45, 7) is -0.205. The number of nitrogens with one attached hydrogen (secondary N) is 1. The molecule has 0 radical (unpaired) electrons. The van der Waals surface area contributed by atoms with Crippen LogP contribution in [0, 0.1) is 10.1 Å². The molecule has 0 aliphatic carbocycles. The van der Waals surface area contributed by atoms with Gasteiger partial charge < -0.3 is 10.1 Å². The van der Waals surface area contributed by atoms with Gasteiger partial charge >= 0.3 is 5.97 Å². The molecule has 0 aliphatic heterocycles. The molecule has 0 fully saturated rings. The highest BCUT2D eigenvalue weighted by Gasteiger charge is 2.10. The summed E-state index contributed by atoms with van der Waals surface area (Å²) in [5.41, 5.74) is 0.948. The lowest BCUT2D eigenvalue weighted by molar-refractivity contribution is -0.385. The van der Waals surface area contributed by atoms with Crippen molar-refractivity contribution >= 4 is 35.2 Å². The topological polar surface area (TPSA) is 98.5 Å². The molecule has 0 aliphatic rings. The average Bonchev–Trinajstić information content (AvgIpc) is 2.63. The van der Waals surface area contributed by atoms with Crippen LogP contribution in [0.4, 0.5) is 5.69 Å². The van der Waals surface area contributed by atoms with Crippen LogP contribution in [0.1, 0.15) is 11.1 Å². The Morgan fingerprint density at radius 3 is 2.69 bits per heavy atom. The monoisotopic (exact) mass is 374 g/mol. The first-order chi connectivity index (χ1) is 12.5. The van der Waals surface area contributed by atoms with Crippen molar-refractivity contribution in [2.45, 2.75) is 6.54 Å². The molecule has 0 spiro atoms. The summed E-state index contributed by atoms with van der Waals surface area (Å²) in [4.78, 5) is 33.7. The molecule has 0 aromatic heterocycles. The summed E-state index contributed by atoms with van der Waals surface area (Å²) in [5, 5.41) is 14.0. The third-order valence-electron chi connectivity index (χ3n) is 3.26. The van der Waals surface area contributed by atoms with Gasteiger partial charge in [-0.25, -0.2) is 4.79 Å². The molecule has 2 rings (SSSR count). The minimum Gasteiger partial charge on any atom is -0.452 e. The van der Waals surface area contributed by atoms with Crippen LogP contribution in [0.15, 0.2) is 54.6 Å². The fourth-order valence-corrected chi connectivity index (χ4v) is 2.25. The van der Waals surface area contributed by atoms with E-state index in [9.17, 15) is 19.7 Å². The van der Waals surface area contributed by atoms with Gasteiger partial charge in [0, 0.05) is 23.7 Å². The standard InChI is InChI=1S/C18H15ClN2O5/c19-15-6-3-4-13(10-15)11-20-17(22)12-26-18(23)9-8-14-5-1-2-7-16(14)21(24)25/h1-10H,11-12H2,(H,20,22)/b9-8+. The number of rotatable bonds is 7. The summed E-state index contributed by atoms with van der Waals surface area (Å²) >= 11 is 5.85. The third-order valence-corrected chi connectivity index (χ3v) is 3.49. The number of nitro groups is 1. The van der Waals surface area contributed by atoms with Crippen LogP contribution in [-0.2, 0) is 20.9 Å². The number of nitrogens with zero attached hydrogens (tertiary/aromatic N) is 1. The number of ether oxygens (including phenoxy) is 1. The smallest absolute Gasteiger partial charge is 0.331 e. The Labute approximate surface area is 154 Å². The summed E-state index contributed by atoms with van der Waals surface area (Å²) in [7, 11) is 0. The van der Waals surface area contributed by atoms with E-state index in [1.807, 2.05) is 0 Å². The van der Waals surface area contributed by atoms with Gasteiger partial charge in [0.25, 0.3) is 11.6 Å². The Morgan fingerprint density at radius 2 is 1.96 bits per heavy atom. The predicted molar refractivity (Wildman–Crippen MR) is 96.4 cm³/mol. The highest BCUT2D eigenvalue weighted by Crippen LogP contribution is 2.18. The van der Waals surface area contributed by atoms with Gasteiger partial charge in [-0.3, -0.25) is 14.9 Å². The van der Waals surface area contributed by atoms with Crippen molar-refractivity contribution in [3.63, 3.8) is 0 Å². The van der Waals surface area contributed by atoms with Gasteiger partial charge in [0.15, 0.2) is 6.61 Å². The van der Waals surface area contributed by atoms with Crippen molar-refractivity contribution in [3.05, 3.63) is 80.9 Å². The lowest BCUT2D eigenvalue weighted by Crippen LogP contribution is -2.28. The molecule has 0 atom stereocenters. The average molecular weight is 375 g/mol. The maximum Gasteiger partial charge on any atom is 0.331 e. The largest absolute Gasteiger partial charge is 0.452 e. The Hall–Kier alpha value is -3.19. The minimum absolute atomic E-state index is 0.129. The van der Waals surface area contributed by atoms with Crippen molar-refractivity contribution in [2.75, 3.05) is 6.61 Å². The highest BCUT2D eigenvalue weighted by atomic mass is 35.5. The van der Waals surface area contributed by atoms with Gasteiger partial charge in [0.2, 0.25) is 0 Å². The fourth-order valence-electron chi connectivity index (χ4n) is 2.04. The number of para-hydroxylation sites is 1. The molecule has 0 saturated heterocycles. The quantitative estimate of drug-likeness (QED) is 0.347. The van der Waals surface area contributed by atoms with Gasteiger partial charge in [-0.1, -0.05) is 35.9 Å². The van der Waals surface area contributed by atoms with E-state index in [4.69, 9.17) is 16.3 Å². The van der Waals surface area contributed by atoms with E-state index >= 15 is 0 Å². The number of hydrogen-bond acceptors (Lipinski definition) is 5. The molecule has 134 valence electrons. The summed E-state index contributed by atoms with van der Waals surface area (Å²) in [5.74, 6) is -1.25. The second kappa shape index (κ2) is 9.33. The number of esters is 1. The molecular weight excluding hydrogens is 360 g/mol. The Balaban J connectivity index is 1.81. The van der Waals surface area contributed by atoms with Crippen molar-refractivity contribution in [3.8, 4) is 0 Å². The number of carbonyl (C=O) groups is 2. The molecule has 1 amide bonds. The molecular formula is C18H15ClN2O5. The summed E-state index contributed by atoms with van der Waals surface area (Å²) < 4.78 is 4.80. The van der Waals surface area contributed by atoms with Crippen LogP contribution in [-0.4, -0.2) is 23.4 Å². The summed E-state index contributed by atoms with van der Waals surface area (Å²) in [6, 6.07) is 13.0. The fraction of sp³-hybridized carbons (Fsp3) is 0.111. The first-order valence-electron chi connectivity index (χ1n) is 7.55. The molecule has 0 bridgehead atoms. The molecule has 8 heteroatoms. The lowest BCUT2D eigenvalue weighted by Gasteiger charge is -2.06. The second-order valence-electron chi connectivity index (χ2n) is 5.16. The van der Waals surface area contributed by atoms with Crippen LogP contribution < -0.4 is 5.32 Å². The molecule has 0 heterocycles. The van der Waals surface area contributed by atoms with Crippen molar-refractivity contribution in [1.82, 2.24) is 5.32 Å². The predicted octanol–water partition coefficient (Wildman–Crippen LogP) is 3.12. The van der Waals surface area contributed by atoms with E-state index in [-0.39, 0.29) is 17.8 Å². The van der Waals surface area contributed by atoms with Gasteiger partial charge in [0.1, 0.15) is 0 Å². The SMILES string of the molecule is O=C(COC(=O)/C=C/c1ccccc1[N+](=O)[O-])NCc1cccc(Cl)c1. The zero-order valence-electron chi connectivity index (χ0n) is 13.6. The maximum absolute atomic E-state index is 11.7. The Bertz CT molecular complexity index is 851. The number of nitro benzene ring substituents is 1. The van der Waals surface area contributed by atoms with E-state index < -0.39 is 23.4 Å². The molecule has 26 heavy (non-hydrogen) atoms. The van der Waals surface area contributed by atoms with Crippen LogP contribution in [0.25, 0.3) is 6.08 Å². The Kier molecular flexibility index (Phi) is 6.87. The second-order valence-corrected chi connectivity index (χ2v) is 5.60. The Morgan fingerprint density at radius 1 is 1.19 bits per heavy atom. The normalized spacial score (nSPS) is 10.5. The molecule has 1 N–H and O–H groups in total. The van der Waals surface area contributed by atoms with E-state index in [1.54, 1.807) is 30.3 Å². The van der Waals surface area contributed by atoms with Crippen molar-refractivity contribution < 1.29 is 19.2 Å².